The Balaban J connectivity index is 0.00000181. The summed E-state index contributed by atoms with van der Waals surface area (Å²) in [6, 6.07) is 22.1. The van der Waals surface area contributed by atoms with E-state index in [-0.39, 0.29) is 9.46 Å². The Morgan fingerprint density at radius 2 is 1.63 bits per heavy atom. The number of aliphatic hydroxyl groups excluding tert-OH is 1. The van der Waals surface area contributed by atoms with Crippen LogP contribution in [0.3, 0.4) is 0 Å². The average molecular weight is 410 g/mol. The number of benzene rings is 3. The molecule has 30 heavy (non-hydrogen) atoms. The number of hydrogen-bond donors (Lipinski definition) is 2. The van der Waals surface area contributed by atoms with Crippen LogP contribution in [0.2, 0.25) is 0 Å². The summed E-state index contributed by atoms with van der Waals surface area (Å²) in [4.78, 5) is 0. The van der Waals surface area contributed by atoms with Gasteiger partial charge in [-0.2, -0.15) is 0 Å². The Labute approximate surface area is 180 Å². The van der Waals surface area contributed by atoms with E-state index in [0.717, 1.165) is 17.7 Å². The molecule has 3 aromatic carbocycles. The molecule has 3 aromatic rings. The molecule has 0 bridgehead atoms. The molecule has 160 valence electrons. The van der Waals surface area contributed by atoms with E-state index in [1.54, 1.807) is 7.11 Å². The zero-order valence-corrected chi connectivity index (χ0v) is 17.1. The summed E-state index contributed by atoms with van der Waals surface area (Å²) in [5.41, 5.74) is 4.97. The zero-order chi connectivity index (χ0) is 20.8. The predicted octanol–water partition coefficient (Wildman–Crippen LogP) is 4.17. The van der Waals surface area contributed by atoms with Crippen LogP contribution in [0.1, 0.15) is 14.0 Å². The van der Waals surface area contributed by atoms with Crippen LogP contribution < -0.4 is 19.5 Å². The molecular formula is C25H31NO4. The summed E-state index contributed by atoms with van der Waals surface area (Å²) in [7, 11) is 1.62. The second-order valence-electron chi connectivity index (χ2n) is 7.29. The standard InChI is InChI=1S/C25H27NO4.2H2/c1-28-22-10-4-5-11-23(22)29-14-13-26-16-20(27)17-30-24-12-6-8-19-15-18-7-2-3-9-21(18)25(19)24;;/h2-12,20,26-27H,13-17H2,1H3;2*1H. The lowest BCUT2D eigenvalue weighted by Gasteiger charge is -2.16. The van der Waals surface area contributed by atoms with Crippen LogP contribution in [-0.4, -0.2) is 44.6 Å². The summed E-state index contributed by atoms with van der Waals surface area (Å²) < 4.78 is 17.0. The molecule has 0 spiro atoms. The molecule has 2 N–H and O–H groups in total. The van der Waals surface area contributed by atoms with Crippen LogP contribution in [0.25, 0.3) is 11.1 Å². The average Bonchev–Trinajstić information content (AvgIpc) is 3.17. The van der Waals surface area contributed by atoms with Crippen LogP contribution in [0, 0.1) is 0 Å². The number of methoxy groups -OCH3 is 1. The van der Waals surface area contributed by atoms with E-state index in [0.29, 0.717) is 31.2 Å². The van der Waals surface area contributed by atoms with E-state index in [9.17, 15) is 5.11 Å². The maximum Gasteiger partial charge on any atom is 0.161 e. The smallest absolute Gasteiger partial charge is 0.161 e. The lowest BCUT2D eigenvalue weighted by Crippen LogP contribution is -2.33. The fraction of sp³-hybridized carbons (Fsp3) is 0.280. The van der Waals surface area contributed by atoms with Gasteiger partial charge in [-0.05, 0) is 41.3 Å². The third-order valence-corrected chi connectivity index (χ3v) is 5.20. The maximum atomic E-state index is 10.3. The van der Waals surface area contributed by atoms with Gasteiger partial charge in [0.05, 0.1) is 7.11 Å². The zero-order valence-electron chi connectivity index (χ0n) is 17.1. The summed E-state index contributed by atoms with van der Waals surface area (Å²) in [6.45, 7) is 1.76. The van der Waals surface area contributed by atoms with Crippen molar-refractivity contribution in [3.8, 4) is 28.4 Å². The van der Waals surface area contributed by atoms with E-state index >= 15 is 0 Å². The summed E-state index contributed by atoms with van der Waals surface area (Å²) in [6.07, 6.45) is 0.322. The van der Waals surface area contributed by atoms with Crippen molar-refractivity contribution in [2.24, 2.45) is 0 Å². The molecule has 0 saturated carbocycles. The summed E-state index contributed by atoms with van der Waals surface area (Å²) in [5, 5.41) is 13.5. The molecular weight excluding hydrogens is 378 g/mol. The van der Waals surface area contributed by atoms with E-state index in [2.05, 4.69) is 35.6 Å². The van der Waals surface area contributed by atoms with Gasteiger partial charge in [0, 0.05) is 21.5 Å². The van der Waals surface area contributed by atoms with Gasteiger partial charge in [0.15, 0.2) is 11.5 Å². The highest BCUT2D eigenvalue weighted by Crippen LogP contribution is 2.42. The second kappa shape index (κ2) is 9.65. The topological polar surface area (TPSA) is 60.0 Å². The van der Waals surface area contributed by atoms with Crippen LogP contribution in [0.4, 0.5) is 0 Å². The van der Waals surface area contributed by atoms with Crippen molar-refractivity contribution < 1.29 is 22.2 Å². The fourth-order valence-corrected chi connectivity index (χ4v) is 3.76. The highest BCUT2D eigenvalue weighted by molar-refractivity contribution is 5.81. The van der Waals surface area contributed by atoms with Gasteiger partial charge in [-0.15, -0.1) is 0 Å². The first-order valence-electron chi connectivity index (χ1n) is 10.2. The molecule has 1 aliphatic rings. The van der Waals surface area contributed by atoms with Gasteiger partial charge in [0.25, 0.3) is 0 Å². The molecule has 0 radical (unpaired) electrons. The molecule has 0 fully saturated rings. The Hall–Kier alpha value is -3.02. The lowest BCUT2D eigenvalue weighted by atomic mass is 10.1. The van der Waals surface area contributed by atoms with E-state index in [4.69, 9.17) is 14.2 Å². The SMILES string of the molecule is COc1ccccc1OCCNCC(O)COc1cccc2c1-c1ccccc1C2.[HH].[HH]. The number of ether oxygens (including phenoxy) is 3. The van der Waals surface area contributed by atoms with Gasteiger partial charge in [0.2, 0.25) is 0 Å². The van der Waals surface area contributed by atoms with Crippen LogP contribution >= 0.6 is 0 Å². The molecule has 0 saturated heterocycles. The number of para-hydroxylation sites is 2. The molecule has 1 unspecified atom stereocenters. The first-order chi connectivity index (χ1) is 14.8. The molecule has 5 heteroatoms. The minimum atomic E-state index is -0.608. The Bertz CT molecular complexity index is 999. The minimum Gasteiger partial charge on any atom is -0.493 e. The van der Waals surface area contributed by atoms with Crippen molar-refractivity contribution in [3.05, 3.63) is 77.9 Å². The first-order valence-corrected chi connectivity index (χ1v) is 10.2. The summed E-state index contributed by atoms with van der Waals surface area (Å²) >= 11 is 0. The molecule has 4 rings (SSSR count). The first kappa shape index (κ1) is 20.3. The number of rotatable bonds is 10. The molecule has 0 aliphatic heterocycles. The van der Waals surface area contributed by atoms with Crippen LogP contribution in [0.15, 0.2) is 66.7 Å². The quantitative estimate of drug-likeness (QED) is 0.385. The highest BCUT2D eigenvalue weighted by Gasteiger charge is 2.21. The second-order valence-corrected chi connectivity index (χ2v) is 7.29. The number of nitrogens with one attached hydrogen (secondary N) is 1. The van der Waals surface area contributed by atoms with Gasteiger partial charge < -0.3 is 24.6 Å². The van der Waals surface area contributed by atoms with Crippen molar-refractivity contribution in [1.29, 1.82) is 0 Å². The molecule has 0 amide bonds. The van der Waals surface area contributed by atoms with Crippen molar-refractivity contribution in [2.45, 2.75) is 12.5 Å². The van der Waals surface area contributed by atoms with E-state index in [1.165, 1.54) is 16.7 Å². The monoisotopic (exact) mass is 409 g/mol. The van der Waals surface area contributed by atoms with Gasteiger partial charge >= 0.3 is 0 Å². The third kappa shape index (κ3) is 4.58. The van der Waals surface area contributed by atoms with Gasteiger partial charge in [-0.25, -0.2) is 0 Å². The minimum absolute atomic E-state index is 0. The molecule has 5 nitrogen and oxygen atoms in total. The Kier molecular flexibility index (Phi) is 6.52. The maximum absolute atomic E-state index is 10.3. The summed E-state index contributed by atoms with van der Waals surface area (Å²) in [5.74, 6) is 2.25. The number of aliphatic hydroxyl groups is 1. The van der Waals surface area contributed by atoms with Gasteiger partial charge in [0.1, 0.15) is 25.1 Å². The van der Waals surface area contributed by atoms with Gasteiger partial charge in [-0.3, -0.25) is 0 Å². The third-order valence-electron chi connectivity index (χ3n) is 5.20. The van der Waals surface area contributed by atoms with Crippen LogP contribution in [-0.2, 0) is 6.42 Å². The fourth-order valence-electron chi connectivity index (χ4n) is 3.76. The largest absolute Gasteiger partial charge is 0.493 e. The highest BCUT2D eigenvalue weighted by atomic mass is 16.5. The Morgan fingerprint density at radius 1 is 0.900 bits per heavy atom. The van der Waals surface area contributed by atoms with Crippen molar-refractivity contribution in [2.75, 3.05) is 33.4 Å². The molecule has 1 atom stereocenters. The van der Waals surface area contributed by atoms with Crippen molar-refractivity contribution >= 4 is 0 Å². The van der Waals surface area contributed by atoms with Crippen LogP contribution in [0.5, 0.6) is 17.2 Å². The number of hydrogen-bond acceptors (Lipinski definition) is 5. The predicted molar refractivity (Wildman–Crippen MR) is 122 cm³/mol. The Morgan fingerprint density at radius 3 is 2.50 bits per heavy atom. The van der Waals surface area contributed by atoms with E-state index in [1.807, 2.05) is 36.4 Å². The van der Waals surface area contributed by atoms with Gasteiger partial charge in [-0.1, -0.05) is 48.5 Å². The normalized spacial score (nSPS) is 12.7. The van der Waals surface area contributed by atoms with E-state index < -0.39 is 6.10 Å². The molecule has 1 aliphatic carbocycles. The lowest BCUT2D eigenvalue weighted by molar-refractivity contribution is 0.105. The molecule has 0 aromatic heterocycles. The molecule has 0 heterocycles. The number of fused-ring (bicyclic) bond motifs is 3. The van der Waals surface area contributed by atoms with Crippen molar-refractivity contribution in [1.82, 2.24) is 5.32 Å². The van der Waals surface area contributed by atoms with Crippen molar-refractivity contribution in [3.63, 3.8) is 0 Å².